The van der Waals surface area contributed by atoms with Gasteiger partial charge in [-0.05, 0) is 116 Å². The van der Waals surface area contributed by atoms with E-state index in [-0.39, 0.29) is 115 Å². The maximum Gasteiger partial charge on any atom is 0.326 e. The molecular formula is C101H176N4O21. The summed E-state index contributed by atoms with van der Waals surface area (Å²) in [7, 11) is 0. The van der Waals surface area contributed by atoms with Crippen molar-refractivity contribution in [2.45, 2.75) is 472 Å². The van der Waals surface area contributed by atoms with Crippen molar-refractivity contribution in [3.05, 3.63) is 0 Å². The van der Waals surface area contributed by atoms with Crippen LogP contribution in [0.25, 0.3) is 0 Å². The average molecular weight is 1780 g/mol. The molecule has 3 aliphatic rings. The summed E-state index contributed by atoms with van der Waals surface area (Å²) in [5, 5.41) is 60.0. The number of hydrogen-bond acceptors (Lipinski definition) is 15. The number of hydrogen-bond donors (Lipinski definition) is 8. The zero-order chi connectivity index (χ0) is 93.8. The zero-order valence-electron chi connectivity index (χ0n) is 79.7. The molecule has 0 aromatic rings. The van der Waals surface area contributed by atoms with Gasteiger partial charge >= 0.3 is 35.8 Å². The highest BCUT2D eigenvalue weighted by atomic mass is 16.4. The van der Waals surface area contributed by atoms with Crippen molar-refractivity contribution in [3.63, 3.8) is 0 Å². The highest BCUT2D eigenvalue weighted by Gasteiger charge is 2.36. The Balaban J connectivity index is 0.000000949. The van der Waals surface area contributed by atoms with Crippen molar-refractivity contribution >= 4 is 88.4 Å². The van der Waals surface area contributed by atoms with Crippen molar-refractivity contribution in [1.82, 2.24) is 20.4 Å². The Morgan fingerprint density at radius 1 is 0.302 bits per heavy atom. The Morgan fingerprint density at radius 3 is 0.865 bits per heavy atom. The first-order chi connectivity index (χ1) is 60.0. The van der Waals surface area contributed by atoms with E-state index in [1.54, 1.807) is 41.5 Å². The Hall–Kier alpha value is -6.95. The summed E-state index contributed by atoms with van der Waals surface area (Å²) < 4.78 is 0. The van der Waals surface area contributed by atoms with E-state index >= 15 is 0 Å². The Bertz CT molecular complexity index is 3080. The maximum absolute atomic E-state index is 12.8. The summed E-state index contributed by atoms with van der Waals surface area (Å²) in [4.78, 5) is 181. The maximum atomic E-state index is 12.8. The molecule has 25 heteroatoms. The number of aliphatic carboxylic acids is 6. The van der Waals surface area contributed by atoms with Crippen LogP contribution in [-0.4, -0.2) is 168 Å². The van der Waals surface area contributed by atoms with Crippen LogP contribution in [0.2, 0.25) is 0 Å². The predicted molar refractivity (Wildman–Crippen MR) is 495 cm³/mol. The average Bonchev–Trinajstić information content (AvgIpc) is 0.861. The minimum absolute atomic E-state index is 0.0173. The van der Waals surface area contributed by atoms with Crippen LogP contribution >= 0.6 is 0 Å². The summed E-state index contributed by atoms with van der Waals surface area (Å²) in [6.45, 7) is 14.9. The molecule has 3 rings (SSSR count). The molecule has 0 radical (unpaired) electrons. The van der Waals surface area contributed by atoms with Crippen molar-refractivity contribution in [2.75, 3.05) is 32.7 Å². The number of amides is 4. The van der Waals surface area contributed by atoms with Crippen molar-refractivity contribution in [1.29, 1.82) is 0 Å². The first kappa shape index (κ1) is 117. The van der Waals surface area contributed by atoms with Crippen molar-refractivity contribution in [3.8, 4) is 0 Å². The lowest BCUT2D eigenvalue weighted by atomic mass is 9.81. The lowest BCUT2D eigenvalue weighted by molar-refractivity contribution is -0.147. The van der Waals surface area contributed by atoms with Crippen LogP contribution in [-0.2, 0) is 71.9 Å². The van der Waals surface area contributed by atoms with Crippen LogP contribution < -0.4 is 10.6 Å². The largest absolute Gasteiger partial charge is 0.481 e. The van der Waals surface area contributed by atoms with Crippen LogP contribution in [0.5, 0.6) is 0 Å². The van der Waals surface area contributed by atoms with E-state index < -0.39 is 64.5 Å². The highest BCUT2D eigenvalue weighted by molar-refractivity contribution is 5.92. The number of rotatable bonds is 74. The molecule has 0 unspecified atom stereocenters. The van der Waals surface area contributed by atoms with Gasteiger partial charge in [-0.3, -0.25) is 62.3 Å². The van der Waals surface area contributed by atoms with Gasteiger partial charge in [0.25, 0.3) is 0 Å². The second kappa shape index (κ2) is 72.8. The third-order valence-corrected chi connectivity index (χ3v) is 25.8. The predicted octanol–water partition coefficient (Wildman–Crippen LogP) is 21.8. The summed E-state index contributed by atoms with van der Waals surface area (Å²) in [6, 6.07) is -1.05. The highest BCUT2D eigenvalue weighted by Crippen LogP contribution is 2.32. The lowest BCUT2D eigenvalue weighted by Gasteiger charge is -2.32. The zero-order valence-corrected chi connectivity index (χ0v) is 79.7. The molecule has 0 spiro atoms. The standard InChI is InChI=1S/C37H66N2O7.C33H57NO7.C31H53NO7/c1-37(2,3)32(40)27-26-31(36(45)46)39-35(44)30-24-22-29(23-25-30)28-38-33(41)20-18-16-14-12-10-8-6-4-5-7-9-11-13-15-17-19-21-34(42)43;1-33(2,3)29(36)25-27(32(40)41)24-28(35)26-20-22-34(23-21-26)30(37)18-16-14-12-10-8-6-4-5-7-9-11-13-15-17-19-31(38)39;1-25(33)18-19-27(31(38)39)24-28(34)26-20-22-32(23-21-26)29(35)16-14-12-10-8-6-4-2-3-5-7-9-11-13-15-17-30(36)37/h29-31H,4-28H2,1-3H3,(H,38,41)(H,39,44)(H,42,43)(H,45,46);26-27H,4-25H2,1-3H3,(H,38,39)(H,40,41);26-27H,2-24H2,1H3,(H,36,37)(H,38,39)/t29?,30?,31-;2*27-/m010/s1. The van der Waals surface area contributed by atoms with E-state index in [4.69, 9.17) is 15.3 Å². The van der Waals surface area contributed by atoms with Gasteiger partial charge in [0.05, 0.1) is 11.8 Å². The monoisotopic (exact) mass is 1780 g/mol. The molecule has 3 fully saturated rings. The minimum Gasteiger partial charge on any atom is -0.481 e. The van der Waals surface area contributed by atoms with Gasteiger partial charge in [0.15, 0.2) is 0 Å². The number of nitrogens with zero attached hydrogens (tertiary/aromatic N) is 2. The van der Waals surface area contributed by atoms with E-state index in [1.165, 1.54) is 180 Å². The number of nitrogens with one attached hydrogen (secondary N) is 2. The second-order valence-electron chi connectivity index (χ2n) is 39.2. The topological polar surface area (TPSA) is 408 Å². The molecule has 8 N–H and O–H groups in total. The second-order valence-corrected chi connectivity index (χ2v) is 39.2. The number of Topliss-reactive ketones (excluding diaryl/α,β-unsaturated/α-hetero) is 5. The number of likely N-dealkylation sites (tertiary alicyclic amines) is 2. The van der Waals surface area contributed by atoms with Crippen molar-refractivity contribution < 1.29 is 103 Å². The van der Waals surface area contributed by atoms with Gasteiger partial charge in [-0.2, -0.15) is 0 Å². The molecule has 726 valence electrons. The van der Waals surface area contributed by atoms with Gasteiger partial charge in [-0.25, -0.2) is 4.79 Å². The number of ketones is 5. The molecule has 0 aromatic heterocycles. The molecule has 0 bridgehead atoms. The van der Waals surface area contributed by atoms with E-state index in [0.717, 1.165) is 122 Å². The van der Waals surface area contributed by atoms with Crippen LogP contribution in [0.15, 0.2) is 0 Å². The van der Waals surface area contributed by atoms with Crippen LogP contribution in [0.1, 0.15) is 466 Å². The molecule has 25 nitrogen and oxygen atoms in total. The van der Waals surface area contributed by atoms with E-state index in [2.05, 4.69) is 10.6 Å². The number of carbonyl (C=O) groups is 15. The van der Waals surface area contributed by atoms with E-state index in [0.29, 0.717) is 116 Å². The van der Waals surface area contributed by atoms with E-state index in [9.17, 15) is 87.2 Å². The third-order valence-electron chi connectivity index (χ3n) is 25.8. The summed E-state index contributed by atoms with van der Waals surface area (Å²) in [6.07, 6.45) is 59.6. The SMILES string of the molecule is CC(=O)CC[C@@H](CC(=O)C1CCN(C(=O)CCCCCCCCCCCCCCCCC(=O)O)CC1)C(=O)O.CC(C)(C)C(=O)CC[C@H](NC(=O)C1CCC(CNC(=O)CCCCCCCCCCCCCCCCCCC(=O)O)CC1)C(=O)O.CC(C)(C)C(=O)C[C@@H](CC(=O)C1CCN(C(=O)CCCCCCCCCCCCCCCCC(=O)O)CC1)C(=O)O. The molecule has 2 heterocycles. The van der Waals surface area contributed by atoms with Gasteiger partial charge in [-0.1, -0.05) is 286 Å². The molecule has 4 amide bonds. The summed E-state index contributed by atoms with van der Waals surface area (Å²) in [5.74, 6) is -7.62. The normalized spacial score (nSPS) is 15.8. The molecule has 1 aliphatic carbocycles. The molecule has 0 aromatic carbocycles. The Morgan fingerprint density at radius 2 is 0.587 bits per heavy atom. The minimum atomic E-state index is -1.11. The van der Waals surface area contributed by atoms with Gasteiger partial charge in [-0.15, -0.1) is 0 Å². The number of unbranched alkanes of at least 4 members (excludes halogenated alkanes) is 41. The number of carbonyl (C=O) groups excluding carboxylic acids is 9. The fourth-order valence-corrected chi connectivity index (χ4v) is 17.1. The molecule has 2 saturated heterocycles. The van der Waals surface area contributed by atoms with E-state index in [1.807, 2.05) is 9.80 Å². The number of piperidine rings is 2. The summed E-state index contributed by atoms with van der Waals surface area (Å²) in [5.41, 5.74) is -1.16. The molecule has 2 aliphatic heterocycles. The fraction of sp³-hybridized carbons (Fsp3) is 0.851. The van der Waals surface area contributed by atoms with Gasteiger partial charge in [0.2, 0.25) is 23.6 Å². The molecular weight excluding hydrogens is 1610 g/mol. The van der Waals surface area contributed by atoms with Gasteiger partial charge in [0.1, 0.15) is 35.0 Å². The van der Waals surface area contributed by atoms with Crippen LogP contribution in [0.3, 0.4) is 0 Å². The smallest absolute Gasteiger partial charge is 0.326 e. The van der Waals surface area contributed by atoms with Crippen LogP contribution in [0.4, 0.5) is 0 Å². The molecule has 3 atom stereocenters. The molecule has 126 heavy (non-hydrogen) atoms. The number of carboxylic acids is 6. The fourth-order valence-electron chi connectivity index (χ4n) is 17.1. The first-order valence-electron chi connectivity index (χ1n) is 50.1. The van der Waals surface area contributed by atoms with Gasteiger partial charge in [0, 0.05) is 132 Å². The molecule has 1 saturated carbocycles. The quantitative estimate of drug-likeness (QED) is 0.0262. The number of carboxylic acid groups (broad SMARTS) is 6. The van der Waals surface area contributed by atoms with Crippen LogP contribution in [0, 0.1) is 46.3 Å². The third kappa shape index (κ3) is 63.9. The van der Waals surface area contributed by atoms with Crippen molar-refractivity contribution in [2.24, 2.45) is 46.3 Å². The lowest BCUT2D eigenvalue weighted by Crippen LogP contribution is -2.45. The van der Waals surface area contributed by atoms with Gasteiger partial charge < -0.3 is 55.9 Å². The summed E-state index contributed by atoms with van der Waals surface area (Å²) >= 11 is 0. The Labute approximate surface area is 758 Å². The Kier molecular flexibility index (Phi) is 67.6. The first-order valence-corrected chi connectivity index (χ1v) is 50.1.